The third-order valence-electron chi connectivity index (χ3n) is 7.13. The topological polar surface area (TPSA) is 46.4 Å². The van der Waals surface area contributed by atoms with Gasteiger partial charge in [0.05, 0.1) is 4.92 Å². The number of piperidine rings is 1. The number of likely N-dealkylation sites (tertiary alicyclic amines) is 1. The van der Waals surface area contributed by atoms with Crippen molar-refractivity contribution in [2.45, 2.75) is 69.6 Å². The molecule has 2 fully saturated rings. The molecule has 2 aromatic carbocycles. The molecule has 1 aliphatic heterocycles. The first-order valence-corrected chi connectivity index (χ1v) is 11.8. The smallest absolute Gasteiger partial charge is 0.273 e. The number of nitro groups is 1. The number of hydrogen-bond donors (Lipinski definition) is 0. The average molecular weight is 407 g/mol. The van der Waals surface area contributed by atoms with Gasteiger partial charge in [-0.15, -0.1) is 0 Å². The van der Waals surface area contributed by atoms with Crippen LogP contribution >= 0.6 is 0 Å². The molecule has 4 rings (SSSR count). The van der Waals surface area contributed by atoms with Crippen molar-refractivity contribution in [3.8, 4) is 0 Å². The van der Waals surface area contributed by atoms with Crippen LogP contribution in [0.25, 0.3) is 0 Å². The summed E-state index contributed by atoms with van der Waals surface area (Å²) in [7, 11) is 0. The standard InChI is InChI=1S/C26H34N2O2/c29-28(30)26-20-21(13-14-25(26)24-11-5-2-6-12-24)8-7-17-27-18-15-23(16-19-27)22-9-3-1-4-10-22/h1,3-4,9-10,13-14,20,23-24H,2,5-8,11-12,15-19H2. The highest BCUT2D eigenvalue weighted by Crippen LogP contribution is 2.37. The van der Waals surface area contributed by atoms with Gasteiger partial charge in [-0.1, -0.05) is 61.7 Å². The van der Waals surface area contributed by atoms with Crippen LogP contribution < -0.4 is 0 Å². The van der Waals surface area contributed by atoms with Crippen LogP contribution in [0.1, 0.15) is 79.9 Å². The molecule has 0 bridgehead atoms. The van der Waals surface area contributed by atoms with Crippen LogP contribution in [-0.2, 0) is 6.42 Å². The van der Waals surface area contributed by atoms with E-state index in [0.717, 1.165) is 56.4 Å². The summed E-state index contributed by atoms with van der Waals surface area (Å²) >= 11 is 0. The molecule has 0 radical (unpaired) electrons. The normalized spacial score (nSPS) is 19.1. The first kappa shape index (κ1) is 21.0. The summed E-state index contributed by atoms with van der Waals surface area (Å²) < 4.78 is 0. The summed E-state index contributed by atoms with van der Waals surface area (Å²) in [6.45, 7) is 3.39. The van der Waals surface area contributed by atoms with E-state index in [0.29, 0.717) is 17.5 Å². The quantitative estimate of drug-likeness (QED) is 0.392. The highest BCUT2D eigenvalue weighted by atomic mass is 16.6. The Hall–Kier alpha value is -2.20. The SMILES string of the molecule is O=[N+]([O-])c1cc(CCCN2CCC(c3ccccc3)CC2)ccc1C1CCCCC1. The summed E-state index contributed by atoms with van der Waals surface area (Å²) in [5, 5.41) is 11.7. The third kappa shape index (κ3) is 5.28. The highest BCUT2D eigenvalue weighted by molar-refractivity contribution is 5.45. The van der Waals surface area contributed by atoms with Crippen LogP contribution in [0.4, 0.5) is 5.69 Å². The van der Waals surface area contributed by atoms with Crippen LogP contribution in [-0.4, -0.2) is 29.5 Å². The van der Waals surface area contributed by atoms with Gasteiger partial charge in [0, 0.05) is 11.6 Å². The van der Waals surface area contributed by atoms with E-state index in [1.54, 1.807) is 0 Å². The van der Waals surface area contributed by atoms with Gasteiger partial charge in [0.25, 0.3) is 5.69 Å². The Morgan fingerprint density at radius 1 is 0.900 bits per heavy atom. The fourth-order valence-electron chi connectivity index (χ4n) is 5.38. The predicted molar refractivity (Wildman–Crippen MR) is 122 cm³/mol. The average Bonchev–Trinajstić information content (AvgIpc) is 2.80. The maximum absolute atomic E-state index is 11.7. The fraction of sp³-hybridized carbons (Fsp3) is 0.538. The van der Waals surface area contributed by atoms with E-state index < -0.39 is 0 Å². The first-order chi connectivity index (χ1) is 14.7. The zero-order chi connectivity index (χ0) is 20.8. The van der Waals surface area contributed by atoms with E-state index in [2.05, 4.69) is 47.4 Å². The van der Waals surface area contributed by atoms with Crippen molar-refractivity contribution in [1.82, 2.24) is 4.90 Å². The van der Waals surface area contributed by atoms with E-state index in [-0.39, 0.29) is 4.92 Å². The predicted octanol–water partition coefficient (Wildman–Crippen LogP) is 6.45. The molecule has 0 atom stereocenters. The molecule has 160 valence electrons. The Kier molecular flexibility index (Phi) is 7.16. The van der Waals surface area contributed by atoms with Gasteiger partial charge in [-0.25, -0.2) is 0 Å². The Bertz CT molecular complexity index is 822. The van der Waals surface area contributed by atoms with Crippen LogP contribution in [0.5, 0.6) is 0 Å². The summed E-state index contributed by atoms with van der Waals surface area (Å²) in [4.78, 5) is 14.1. The minimum Gasteiger partial charge on any atom is -0.303 e. The Balaban J connectivity index is 1.28. The summed E-state index contributed by atoms with van der Waals surface area (Å²) in [5.74, 6) is 1.07. The molecule has 0 unspecified atom stereocenters. The Morgan fingerprint density at radius 2 is 1.63 bits per heavy atom. The summed E-state index contributed by atoms with van der Waals surface area (Å²) in [6, 6.07) is 16.9. The lowest BCUT2D eigenvalue weighted by Gasteiger charge is -2.32. The van der Waals surface area contributed by atoms with Crippen molar-refractivity contribution >= 4 is 5.69 Å². The molecule has 0 N–H and O–H groups in total. The van der Waals surface area contributed by atoms with Crippen molar-refractivity contribution in [3.63, 3.8) is 0 Å². The zero-order valence-corrected chi connectivity index (χ0v) is 18.0. The first-order valence-electron chi connectivity index (χ1n) is 11.8. The van der Waals surface area contributed by atoms with Crippen molar-refractivity contribution in [2.24, 2.45) is 0 Å². The van der Waals surface area contributed by atoms with Gasteiger partial charge in [-0.3, -0.25) is 10.1 Å². The lowest BCUT2D eigenvalue weighted by molar-refractivity contribution is -0.385. The van der Waals surface area contributed by atoms with E-state index >= 15 is 0 Å². The third-order valence-corrected chi connectivity index (χ3v) is 7.13. The number of hydrogen-bond acceptors (Lipinski definition) is 3. The molecule has 2 aliphatic rings. The van der Waals surface area contributed by atoms with Gasteiger partial charge >= 0.3 is 0 Å². The highest BCUT2D eigenvalue weighted by Gasteiger charge is 2.24. The van der Waals surface area contributed by atoms with Gasteiger partial charge < -0.3 is 4.90 Å². The Morgan fingerprint density at radius 3 is 2.33 bits per heavy atom. The van der Waals surface area contributed by atoms with Crippen molar-refractivity contribution in [3.05, 3.63) is 75.3 Å². The monoisotopic (exact) mass is 406 g/mol. The zero-order valence-electron chi connectivity index (χ0n) is 18.0. The molecule has 30 heavy (non-hydrogen) atoms. The fourth-order valence-corrected chi connectivity index (χ4v) is 5.38. The minimum absolute atomic E-state index is 0.165. The second kappa shape index (κ2) is 10.2. The molecular formula is C26H34N2O2. The molecule has 4 nitrogen and oxygen atoms in total. The van der Waals surface area contributed by atoms with Gasteiger partial charge in [0.2, 0.25) is 0 Å². The maximum atomic E-state index is 11.7. The number of rotatable bonds is 7. The van der Waals surface area contributed by atoms with E-state index in [1.165, 1.54) is 37.7 Å². The lowest BCUT2D eigenvalue weighted by atomic mass is 9.83. The summed E-state index contributed by atoms with van der Waals surface area (Å²) in [6.07, 6.45) is 10.3. The molecule has 0 aromatic heterocycles. The van der Waals surface area contributed by atoms with Crippen LogP contribution in [0.3, 0.4) is 0 Å². The van der Waals surface area contributed by atoms with Crippen molar-refractivity contribution in [1.29, 1.82) is 0 Å². The minimum atomic E-state index is -0.165. The van der Waals surface area contributed by atoms with Gasteiger partial charge in [0.1, 0.15) is 0 Å². The van der Waals surface area contributed by atoms with Gasteiger partial charge in [-0.05, 0) is 81.1 Å². The van der Waals surface area contributed by atoms with E-state index in [4.69, 9.17) is 0 Å². The maximum Gasteiger partial charge on any atom is 0.273 e. The van der Waals surface area contributed by atoms with Crippen LogP contribution in [0.15, 0.2) is 48.5 Å². The van der Waals surface area contributed by atoms with Gasteiger partial charge in [0.15, 0.2) is 0 Å². The second-order valence-electron chi connectivity index (χ2n) is 9.12. The van der Waals surface area contributed by atoms with Gasteiger partial charge in [-0.2, -0.15) is 0 Å². The summed E-state index contributed by atoms with van der Waals surface area (Å²) in [5.41, 5.74) is 3.90. The largest absolute Gasteiger partial charge is 0.303 e. The van der Waals surface area contributed by atoms with Crippen LogP contribution in [0, 0.1) is 10.1 Å². The van der Waals surface area contributed by atoms with E-state index in [9.17, 15) is 10.1 Å². The van der Waals surface area contributed by atoms with Crippen molar-refractivity contribution < 1.29 is 4.92 Å². The number of benzene rings is 2. The molecule has 1 heterocycles. The molecule has 1 saturated heterocycles. The number of nitro benzene ring substituents is 1. The molecular weight excluding hydrogens is 372 g/mol. The lowest BCUT2D eigenvalue weighted by Crippen LogP contribution is -2.33. The van der Waals surface area contributed by atoms with Crippen molar-refractivity contribution in [2.75, 3.05) is 19.6 Å². The number of aryl methyl sites for hydroxylation is 1. The van der Waals surface area contributed by atoms with Crippen LogP contribution in [0.2, 0.25) is 0 Å². The molecule has 2 aromatic rings. The Labute approximate surface area is 180 Å². The molecule has 4 heteroatoms. The van der Waals surface area contributed by atoms with E-state index in [1.807, 2.05) is 6.07 Å². The molecule has 1 aliphatic carbocycles. The molecule has 0 amide bonds. The molecule has 0 spiro atoms. The number of nitrogens with zero attached hydrogens (tertiary/aromatic N) is 2. The second-order valence-corrected chi connectivity index (χ2v) is 9.12. The molecule has 1 saturated carbocycles.